The highest BCUT2D eigenvalue weighted by Crippen LogP contribution is 2.44. The number of hydrogen-bond acceptors (Lipinski definition) is 8. The topological polar surface area (TPSA) is 111 Å². The summed E-state index contributed by atoms with van der Waals surface area (Å²) < 4.78 is 11.7. The van der Waals surface area contributed by atoms with Crippen molar-refractivity contribution in [1.29, 1.82) is 0 Å². The van der Waals surface area contributed by atoms with Crippen LogP contribution in [0.25, 0.3) is 0 Å². The van der Waals surface area contributed by atoms with E-state index >= 15 is 0 Å². The highest BCUT2D eigenvalue weighted by atomic mass is 32.2. The van der Waals surface area contributed by atoms with Crippen molar-refractivity contribution in [2.24, 2.45) is 17.0 Å². The van der Waals surface area contributed by atoms with E-state index in [4.69, 9.17) is 14.6 Å². The van der Waals surface area contributed by atoms with Crippen LogP contribution in [-0.2, 0) is 4.74 Å². The lowest BCUT2D eigenvalue weighted by Crippen LogP contribution is -2.36. The molecule has 0 aromatic carbocycles. The largest absolute Gasteiger partial charge is 0.472 e. The van der Waals surface area contributed by atoms with Gasteiger partial charge in [0.1, 0.15) is 11.8 Å². The van der Waals surface area contributed by atoms with E-state index in [1.165, 1.54) is 0 Å². The van der Waals surface area contributed by atoms with Gasteiger partial charge in [-0.2, -0.15) is 0 Å². The van der Waals surface area contributed by atoms with E-state index in [0.717, 1.165) is 54.7 Å². The molecule has 190 valence electrons. The number of ether oxygens (including phenoxy) is 2. The van der Waals surface area contributed by atoms with Gasteiger partial charge in [-0.25, -0.2) is 9.97 Å². The van der Waals surface area contributed by atoms with Crippen molar-refractivity contribution < 1.29 is 19.1 Å². The van der Waals surface area contributed by atoms with Gasteiger partial charge in [-0.05, 0) is 61.7 Å². The van der Waals surface area contributed by atoms with E-state index in [2.05, 4.69) is 9.97 Å². The average molecular weight is 510 g/mol. The van der Waals surface area contributed by atoms with E-state index in [1.54, 1.807) is 18.5 Å². The van der Waals surface area contributed by atoms with Crippen molar-refractivity contribution in [3.63, 3.8) is 0 Å². The minimum absolute atomic E-state index is 0.0146. The number of rotatable bonds is 6. The minimum atomic E-state index is -0.0620. The summed E-state index contributed by atoms with van der Waals surface area (Å²) in [5.74, 6) is 1.59. The molecule has 5 heterocycles. The molecule has 9 nitrogen and oxygen atoms in total. The lowest BCUT2D eigenvalue weighted by molar-refractivity contribution is 0.00505. The predicted molar refractivity (Wildman–Crippen MR) is 134 cm³/mol. The highest BCUT2D eigenvalue weighted by molar-refractivity contribution is 7.97. The number of pyridine rings is 2. The maximum Gasteiger partial charge on any atom is 0.272 e. The van der Waals surface area contributed by atoms with Crippen LogP contribution in [0.3, 0.4) is 0 Å². The molecule has 0 spiro atoms. The molecule has 4 aliphatic rings. The third-order valence-corrected chi connectivity index (χ3v) is 8.21. The minimum Gasteiger partial charge on any atom is -0.472 e. The Morgan fingerprint density at radius 2 is 1.75 bits per heavy atom. The van der Waals surface area contributed by atoms with Gasteiger partial charge in [-0.1, -0.05) is 0 Å². The average Bonchev–Trinajstić information content (AvgIpc) is 3.57. The third kappa shape index (κ3) is 4.81. The van der Waals surface area contributed by atoms with Crippen LogP contribution in [0.5, 0.6) is 5.88 Å². The summed E-state index contributed by atoms with van der Waals surface area (Å²) in [7, 11) is 0. The molecule has 4 fully saturated rings. The van der Waals surface area contributed by atoms with E-state index in [-0.39, 0.29) is 29.8 Å². The van der Waals surface area contributed by atoms with Crippen molar-refractivity contribution in [2.45, 2.75) is 42.6 Å². The summed E-state index contributed by atoms with van der Waals surface area (Å²) in [6.07, 6.45) is 7.49. The molecule has 2 amide bonds. The maximum atomic E-state index is 13.4. The summed E-state index contributed by atoms with van der Waals surface area (Å²) in [4.78, 5) is 39.8. The van der Waals surface area contributed by atoms with Crippen LogP contribution in [0.15, 0.2) is 35.5 Å². The van der Waals surface area contributed by atoms with Crippen LogP contribution in [0.4, 0.5) is 0 Å². The molecule has 1 saturated carbocycles. The molecule has 3 unspecified atom stereocenters. The Labute approximate surface area is 214 Å². The number of nitrogens with two attached hydrogens (primary N) is 1. The molecule has 3 saturated heterocycles. The normalized spacial score (nSPS) is 25.6. The number of amides is 2. The molecule has 1 aliphatic carbocycles. The van der Waals surface area contributed by atoms with Crippen LogP contribution >= 0.6 is 11.9 Å². The second kappa shape index (κ2) is 9.99. The fourth-order valence-electron chi connectivity index (χ4n) is 5.58. The Balaban J connectivity index is 1.09. The zero-order valence-corrected chi connectivity index (χ0v) is 21.0. The molecule has 2 aromatic heterocycles. The van der Waals surface area contributed by atoms with Gasteiger partial charge >= 0.3 is 0 Å². The standard InChI is InChI=1S/C26H31N5O4S/c27-36-21-5-6-23(28-10-21)26(33)31-13-18-11-30(12-19(18)14-31)25(32)17-8-22(16-3-4-16)24(29-9-17)35-20-2-1-7-34-15-20/h5-6,8-10,16,18-20H,1-4,7,11-15,27H2. The first-order valence-electron chi connectivity index (χ1n) is 12.7. The number of likely N-dealkylation sites (tertiary alicyclic amines) is 2. The molecule has 0 bridgehead atoms. The number of fused-ring (bicyclic) bond motifs is 1. The van der Waals surface area contributed by atoms with Gasteiger partial charge in [0, 0.05) is 67.5 Å². The van der Waals surface area contributed by atoms with E-state index < -0.39 is 0 Å². The molecule has 2 aromatic rings. The van der Waals surface area contributed by atoms with Crippen LogP contribution in [0.1, 0.15) is 58.0 Å². The zero-order chi connectivity index (χ0) is 24.6. The molecule has 0 radical (unpaired) electrons. The van der Waals surface area contributed by atoms with Gasteiger partial charge in [-0.3, -0.25) is 14.7 Å². The molecule has 3 atom stereocenters. The summed E-state index contributed by atoms with van der Waals surface area (Å²) in [5, 5.41) is 5.55. The van der Waals surface area contributed by atoms with Crippen LogP contribution in [-0.4, -0.2) is 77.1 Å². The summed E-state index contributed by atoms with van der Waals surface area (Å²) >= 11 is 1.11. The van der Waals surface area contributed by atoms with Gasteiger partial charge in [0.15, 0.2) is 0 Å². The lowest BCUT2D eigenvalue weighted by Gasteiger charge is -2.24. The highest BCUT2D eigenvalue weighted by Gasteiger charge is 2.43. The second-order valence-electron chi connectivity index (χ2n) is 10.3. The molecular weight excluding hydrogens is 478 g/mol. The zero-order valence-electron chi connectivity index (χ0n) is 20.2. The third-order valence-electron chi connectivity index (χ3n) is 7.69. The lowest BCUT2D eigenvalue weighted by atomic mass is 10.0. The molecule has 3 aliphatic heterocycles. The monoisotopic (exact) mass is 509 g/mol. The smallest absolute Gasteiger partial charge is 0.272 e. The van der Waals surface area contributed by atoms with Gasteiger partial charge in [0.2, 0.25) is 5.88 Å². The second-order valence-corrected chi connectivity index (χ2v) is 11.0. The van der Waals surface area contributed by atoms with Crippen molar-refractivity contribution in [2.75, 3.05) is 39.4 Å². The predicted octanol–water partition coefficient (Wildman–Crippen LogP) is 2.72. The van der Waals surface area contributed by atoms with Crippen molar-refractivity contribution in [3.05, 3.63) is 47.4 Å². The number of carbonyl (C=O) groups is 2. The molecule has 6 rings (SSSR count). The summed E-state index contributed by atoms with van der Waals surface area (Å²) in [6, 6.07) is 5.52. The van der Waals surface area contributed by atoms with Gasteiger partial charge < -0.3 is 19.3 Å². The van der Waals surface area contributed by atoms with Crippen LogP contribution in [0.2, 0.25) is 0 Å². The van der Waals surface area contributed by atoms with Crippen LogP contribution in [0, 0.1) is 11.8 Å². The number of hydrogen-bond donors (Lipinski definition) is 1. The molecule has 10 heteroatoms. The molecular formula is C26H31N5O4S. The van der Waals surface area contributed by atoms with Crippen molar-refractivity contribution in [1.82, 2.24) is 19.8 Å². The molecule has 36 heavy (non-hydrogen) atoms. The Morgan fingerprint density at radius 1 is 1.00 bits per heavy atom. The van der Waals surface area contributed by atoms with Crippen LogP contribution < -0.4 is 9.88 Å². The van der Waals surface area contributed by atoms with E-state index in [0.29, 0.717) is 55.8 Å². The Hall–Kier alpha value is -2.69. The summed E-state index contributed by atoms with van der Waals surface area (Å²) in [5.41, 5.74) is 2.11. The van der Waals surface area contributed by atoms with Gasteiger partial charge in [-0.15, -0.1) is 0 Å². The fraction of sp³-hybridized carbons (Fsp3) is 0.538. The number of carbonyl (C=O) groups excluding carboxylic acids is 2. The molecule has 2 N–H and O–H groups in total. The van der Waals surface area contributed by atoms with Crippen molar-refractivity contribution in [3.8, 4) is 5.88 Å². The van der Waals surface area contributed by atoms with Gasteiger partial charge in [0.05, 0.1) is 12.2 Å². The summed E-state index contributed by atoms with van der Waals surface area (Å²) in [6.45, 7) is 3.97. The quantitative estimate of drug-likeness (QED) is 0.592. The first-order chi connectivity index (χ1) is 17.6. The SMILES string of the molecule is NSc1ccc(C(=O)N2CC3CN(C(=O)c4cnc(OC5CCCOC5)c(C5CC5)c4)CC3C2)nc1. The first kappa shape index (κ1) is 23.7. The van der Waals surface area contributed by atoms with Gasteiger partial charge in [0.25, 0.3) is 11.8 Å². The fourth-order valence-corrected chi connectivity index (χ4v) is 5.84. The Kier molecular flexibility index (Phi) is 6.57. The Bertz CT molecular complexity index is 1120. The number of aromatic nitrogens is 2. The number of nitrogens with zero attached hydrogens (tertiary/aromatic N) is 4. The van der Waals surface area contributed by atoms with E-state index in [1.807, 2.05) is 21.9 Å². The van der Waals surface area contributed by atoms with E-state index in [9.17, 15) is 9.59 Å². The maximum absolute atomic E-state index is 13.4. The van der Waals surface area contributed by atoms with Crippen molar-refractivity contribution >= 4 is 23.8 Å². The Morgan fingerprint density at radius 3 is 2.36 bits per heavy atom. The first-order valence-corrected chi connectivity index (χ1v) is 13.6.